The van der Waals surface area contributed by atoms with E-state index in [1.165, 1.54) is 12.2 Å². The zero-order chi connectivity index (χ0) is 12.5. The van der Waals surface area contributed by atoms with Crippen molar-refractivity contribution in [1.29, 1.82) is 5.26 Å². The van der Waals surface area contributed by atoms with Crippen LogP contribution in [0.25, 0.3) is 6.08 Å². The molecular weight excluding hydrogens is 214 g/mol. The van der Waals surface area contributed by atoms with Gasteiger partial charge in [0.25, 0.3) is 0 Å². The Bertz CT molecular complexity index is 505. The van der Waals surface area contributed by atoms with Crippen LogP contribution in [0.4, 0.5) is 0 Å². The van der Waals surface area contributed by atoms with E-state index in [4.69, 9.17) is 10.4 Å². The van der Waals surface area contributed by atoms with Crippen molar-refractivity contribution >= 4 is 12.0 Å². The number of benzene rings is 1. The van der Waals surface area contributed by atoms with Crippen molar-refractivity contribution in [2.24, 2.45) is 0 Å². The Kier molecular flexibility index (Phi) is 4.99. The normalized spacial score (nSPS) is 11.8. The van der Waals surface area contributed by atoms with E-state index < -0.39 is 5.97 Å². The Morgan fingerprint density at radius 2 is 1.88 bits per heavy atom. The van der Waals surface area contributed by atoms with Gasteiger partial charge in [0, 0.05) is 12.2 Å². The Balaban J connectivity index is 2.82. The highest BCUT2D eigenvalue weighted by molar-refractivity contribution is 5.80. The molecule has 0 unspecified atom stereocenters. The summed E-state index contributed by atoms with van der Waals surface area (Å²) in [6.45, 7) is 0. The van der Waals surface area contributed by atoms with Crippen molar-refractivity contribution in [3.8, 4) is 6.07 Å². The minimum Gasteiger partial charge on any atom is -0.478 e. The first-order valence-corrected chi connectivity index (χ1v) is 4.96. The zero-order valence-corrected chi connectivity index (χ0v) is 9.08. The lowest BCUT2D eigenvalue weighted by molar-refractivity contribution is -0.131. The Morgan fingerprint density at radius 1 is 1.18 bits per heavy atom. The van der Waals surface area contributed by atoms with E-state index >= 15 is 0 Å². The lowest BCUT2D eigenvalue weighted by Crippen LogP contribution is -1.86. The van der Waals surface area contributed by atoms with Crippen molar-refractivity contribution in [1.82, 2.24) is 0 Å². The maximum absolute atomic E-state index is 10.4. The summed E-state index contributed by atoms with van der Waals surface area (Å²) >= 11 is 0. The number of carboxylic acid groups (broad SMARTS) is 1. The van der Waals surface area contributed by atoms with Gasteiger partial charge < -0.3 is 5.11 Å². The molecule has 1 rings (SSSR count). The number of rotatable bonds is 4. The minimum absolute atomic E-state index is 0.541. The number of nitrogens with zero attached hydrogens (tertiary/aromatic N) is 1. The predicted molar refractivity (Wildman–Crippen MR) is 65.9 cm³/mol. The average Bonchev–Trinajstić information content (AvgIpc) is 2.34. The molecular formula is C14H11NO2. The van der Waals surface area contributed by atoms with Crippen LogP contribution in [0.2, 0.25) is 0 Å². The highest BCUT2D eigenvalue weighted by Gasteiger charge is 1.90. The third kappa shape index (κ3) is 5.14. The molecule has 0 heterocycles. The number of hydrogen-bond acceptors (Lipinski definition) is 2. The third-order valence-corrected chi connectivity index (χ3v) is 1.92. The van der Waals surface area contributed by atoms with Gasteiger partial charge in [-0.3, -0.25) is 0 Å². The molecule has 0 bridgehead atoms. The van der Waals surface area contributed by atoms with Gasteiger partial charge >= 0.3 is 5.97 Å². The van der Waals surface area contributed by atoms with Gasteiger partial charge in [-0.2, -0.15) is 5.26 Å². The second-order valence-corrected chi connectivity index (χ2v) is 3.19. The van der Waals surface area contributed by atoms with Crippen LogP contribution < -0.4 is 0 Å². The summed E-state index contributed by atoms with van der Waals surface area (Å²) in [6.07, 6.45) is 7.18. The second kappa shape index (κ2) is 6.81. The number of hydrogen-bond donors (Lipinski definition) is 1. The monoisotopic (exact) mass is 225 g/mol. The van der Waals surface area contributed by atoms with Crippen LogP contribution in [0.15, 0.2) is 60.2 Å². The number of nitriles is 1. The number of carbonyl (C=O) groups is 1. The SMILES string of the molecule is N#CC=C(C=CC(=O)O)C=Cc1ccccc1. The van der Waals surface area contributed by atoms with Crippen LogP contribution >= 0.6 is 0 Å². The Morgan fingerprint density at radius 3 is 2.47 bits per heavy atom. The van der Waals surface area contributed by atoms with E-state index in [9.17, 15) is 4.79 Å². The average molecular weight is 225 g/mol. The molecule has 0 radical (unpaired) electrons. The van der Waals surface area contributed by atoms with Gasteiger partial charge in [0.1, 0.15) is 0 Å². The Labute approximate surface area is 99.6 Å². The standard InChI is InChI=1S/C14H11NO2/c15-11-10-13(8-9-14(16)17)7-6-12-4-2-1-3-5-12/h1-10H,(H,16,17). The summed E-state index contributed by atoms with van der Waals surface area (Å²) in [6, 6.07) is 11.4. The van der Waals surface area contributed by atoms with Crippen LogP contribution in [-0.4, -0.2) is 11.1 Å². The molecule has 1 N–H and O–H groups in total. The van der Waals surface area contributed by atoms with Gasteiger partial charge in [-0.25, -0.2) is 4.79 Å². The summed E-state index contributed by atoms with van der Waals surface area (Å²) in [5, 5.41) is 17.1. The molecule has 3 nitrogen and oxygen atoms in total. The molecule has 1 aromatic rings. The predicted octanol–water partition coefficient (Wildman–Crippen LogP) is 2.79. The first-order chi connectivity index (χ1) is 8.22. The van der Waals surface area contributed by atoms with Crippen molar-refractivity contribution in [3.63, 3.8) is 0 Å². The molecule has 0 saturated heterocycles. The lowest BCUT2D eigenvalue weighted by Gasteiger charge is -1.92. The number of carboxylic acids is 1. The highest BCUT2D eigenvalue weighted by atomic mass is 16.4. The number of allylic oxidation sites excluding steroid dienone is 4. The van der Waals surface area contributed by atoms with Crippen molar-refractivity contribution in [3.05, 3.63) is 65.8 Å². The van der Waals surface area contributed by atoms with Crippen molar-refractivity contribution < 1.29 is 9.90 Å². The molecule has 0 aliphatic heterocycles. The molecule has 0 aliphatic carbocycles. The lowest BCUT2D eigenvalue weighted by atomic mass is 10.1. The summed E-state index contributed by atoms with van der Waals surface area (Å²) in [4.78, 5) is 10.4. The van der Waals surface area contributed by atoms with Gasteiger partial charge in [-0.05, 0) is 17.2 Å². The van der Waals surface area contributed by atoms with Gasteiger partial charge in [0.15, 0.2) is 0 Å². The molecule has 0 fully saturated rings. The Hall–Kier alpha value is -2.60. The first-order valence-electron chi connectivity index (χ1n) is 4.96. The zero-order valence-electron chi connectivity index (χ0n) is 9.08. The van der Waals surface area contributed by atoms with E-state index in [0.29, 0.717) is 5.57 Å². The van der Waals surface area contributed by atoms with Crippen LogP contribution in [-0.2, 0) is 4.79 Å². The van der Waals surface area contributed by atoms with Crippen LogP contribution in [0, 0.1) is 11.3 Å². The molecule has 84 valence electrons. The summed E-state index contributed by atoms with van der Waals surface area (Å²) in [5.74, 6) is -1.04. The van der Waals surface area contributed by atoms with Crippen molar-refractivity contribution in [2.75, 3.05) is 0 Å². The second-order valence-electron chi connectivity index (χ2n) is 3.19. The fourth-order valence-electron chi connectivity index (χ4n) is 1.15. The fourth-order valence-corrected chi connectivity index (χ4v) is 1.15. The molecule has 17 heavy (non-hydrogen) atoms. The van der Waals surface area contributed by atoms with Crippen molar-refractivity contribution in [2.45, 2.75) is 0 Å². The van der Waals surface area contributed by atoms with E-state index in [1.807, 2.05) is 42.5 Å². The molecule has 0 saturated carbocycles. The minimum atomic E-state index is -1.04. The largest absolute Gasteiger partial charge is 0.478 e. The van der Waals surface area contributed by atoms with Crippen LogP contribution in [0.1, 0.15) is 5.56 Å². The molecule has 1 aromatic carbocycles. The summed E-state index contributed by atoms with van der Waals surface area (Å²) < 4.78 is 0. The molecule has 0 atom stereocenters. The summed E-state index contributed by atoms with van der Waals surface area (Å²) in [5.41, 5.74) is 1.53. The van der Waals surface area contributed by atoms with Crippen LogP contribution in [0.3, 0.4) is 0 Å². The first kappa shape index (κ1) is 12.5. The molecule has 0 amide bonds. The van der Waals surface area contributed by atoms with Crippen LogP contribution in [0.5, 0.6) is 0 Å². The van der Waals surface area contributed by atoms with E-state index in [0.717, 1.165) is 11.6 Å². The molecule has 0 aliphatic rings. The van der Waals surface area contributed by atoms with E-state index in [1.54, 1.807) is 6.08 Å². The quantitative estimate of drug-likeness (QED) is 0.487. The fraction of sp³-hybridized carbons (Fsp3) is 0. The van der Waals surface area contributed by atoms with Gasteiger partial charge in [0.05, 0.1) is 6.07 Å². The third-order valence-electron chi connectivity index (χ3n) is 1.92. The highest BCUT2D eigenvalue weighted by Crippen LogP contribution is 2.06. The maximum Gasteiger partial charge on any atom is 0.328 e. The maximum atomic E-state index is 10.4. The molecule has 3 heteroatoms. The number of aliphatic carboxylic acids is 1. The topological polar surface area (TPSA) is 61.1 Å². The summed E-state index contributed by atoms with van der Waals surface area (Å²) in [7, 11) is 0. The molecule has 0 aromatic heterocycles. The van der Waals surface area contributed by atoms with E-state index in [2.05, 4.69) is 0 Å². The van der Waals surface area contributed by atoms with Gasteiger partial charge in [-0.1, -0.05) is 42.5 Å². The van der Waals surface area contributed by atoms with Gasteiger partial charge in [-0.15, -0.1) is 0 Å². The van der Waals surface area contributed by atoms with Gasteiger partial charge in [0.2, 0.25) is 0 Å². The molecule has 0 spiro atoms. The van der Waals surface area contributed by atoms with E-state index in [-0.39, 0.29) is 0 Å². The smallest absolute Gasteiger partial charge is 0.328 e.